The van der Waals surface area contributed by atoms with Crippen molar-refractivity contribution in [1.29, 1.82) is 0 Å². The van der Waals surface area contributed by atoms with E-state index in [-0.39, 0.29) is 17.7 Å². The SMILES string of the molecule is COc1ccc(C(=O)Nc2nc3c(s2)CCC3C(=O)Nc2ccccc2)cc1. The van der Waals surface area contributed by atoms with Gasteiger partial charge < -0.3 is 10.1 Å². The molecule has 142 valence electrons. The predicted octanol–water partition coefficient (Wildman–Crippen LogP) is 4.07. The van der Waals surface area contributed by atoms with Crippen LogP contribution in [0.5, 0.6) is 5.75 Å². The van der Waals surface area contributed by atoms with Gasteiger partial charge in [0.1, 0.15) is 5.75 Å². The first-order valence-electron chi connectivity index (χ1n) is 8.95. The molecule has 1 atom stereocenters. The second-order valence-electron chi connectivity index (χ2n) is 6.46. The number of amides is 2. The summed E-state index contributed by atoms with van der Waals surface area (Å²) in [6.07, 6.45) is 1.53. The van der Waals surface area contributed by atoms with Gasteiger partial charge in [0.05, 0.1) is 18.7 Å². The molecule has 1 unspecified atom stereocenters. The molecule has 0 bridgehead atoms. The number of para-hydroxylation sites is 1. The molecule has 0 radical (unpaired) electrons. The summed E-state index contributed by atoms with van der Waals surface area (Å²) in [7, 11) is 1.58. The summed E-state index contributed by atoms with van der Waals surface area (Å²) < 4.78 is 5.11. The number of carbonyl (C=O) groups excluding carboxylic acids is 2. The van der Waals surface area contributed by atoms with Gasteiger partial charge in [-0.1, -0.05) is 18.2 Å². The highest BCUT2D eigenvalue weighted by Crippen LogP contribution is 2.39. The number of benzene rings is 2. The van der Waals surface area contributed by atoms with Crippen molar-refractivity contribution in [1.82, 2.24) is 4.98 Å². The van der Waals surface area contributed by atoms with Gasteiger partial charge in [0.15, 0.2) is 5.13 Å². The third kappa shape index (κ3) is 3.75. The summed E-state index contributed by atoms with van der Waals surface area (Å²) in [4.78, 5) is 30.7. The highest BCUT2D eigenvalue weighted by atomic mass is 32.1. The molecule has 0 saturated heterocycles. The topological polar surface area (TPSA) is 80.3 Å². The van der Waals surface area contributed by atoms with E-state index >= 15 is 0 Å². The highest BCUT2D eigenvalue weighted by Gasteiger charge is 2.33. The zero-order valence-corrected chi connectivity index (χ0v) is 16.1. The molecule has 7 heteroatoms. The van der Waals surface area contributed by atoms with Crippen LogP contribution >= 0.6 is 11.3 Å². The lowest BCUT2D eigenvalue weighted by Crippen LogP contribution is -2.20. The molecule has 28 heavy (non-hydrogen) atoms. The van der Waals surface area contributed by atoms with E-state index in [0.29, 0.717) is 16.4 Å². The second-order valence-corrected chi connectivity index (χ2v) is 7.54. The second kappa shape index (κ2) is 7.82. The van der Waals surface area contributed by atoms with Crippen LogP contribution in [0, 0.1) is 0 Å². The zero-order valence-electron chi connectivity index (χ0n) is 15.3. The van der Waals surface area contributed by atoms with Gasteiger partial charge in [-0.2, -0.15) is 0 Å². The maximum absolute atomic E-state index is 12.6. The van der Waals surface area contributed by atoms with Crippen LogP contribution in [0.25, 0.3) is 0 Å². The van der Waals surface area contributed by atoms with Crippen molar-refractivity contribution in [3.05, 3.63) is 70.7 Å². The van der Waals surface area contributed by atoms with Crippen molar-refractivity contribution in [2.75, 3.05) is 17.7 Å². The molecule has 1 aromatic heterocycles. The Hall–Kier alpha value is -3.19. The Morgan fingerprint density at radius 3 is 2.54 bits per heavy atom. The molecule has 2 N–H and O–H groups in total. The van der Waals surface area contributed by atoms with Gasteiger partial charge in [0, 0.05) is 16.1 Å². The number of fused-ring (bicyclic) bond motifs is 1. The smallest absolute Gasteiger partial charge is 0.257 e. The van der Waals surface area contributed by atoms with Crippen molar-refractivity contribution < 1.29 is 14.3 Å². The molecule has 1 aliphatic rings. The monoisotopic (exact) mass is 393 g/mol. The Balaban J connectivity index is 1.45. The van der Waals surface area contributed by atoms with Crippen molar-refractivity contribution in [2.24, 2.45) is 0 Å². The molecule has 2 amide bonds. The van der Waals surface area contributed by atoms with Gasteiger partial charge in [-0.05, 0) is 49.2 Å². The summed E-state index contributed by atoms with van der Waals surface area (Å²) >= 11 is 1.43. The average molecular weight is 393 g/mol. The predicted molar refractivity (Wildman–Crippen MR) is 109 cm³/mol. The Kier molecular flexibility index (Phi) is 5.08. The number of hydrogen-bond acceptors (Lipinski definition) is 5. The van der Waals surface area contributed by atoms with Crippen molar-refractivity contribution in [3.63, 3.8) is 0 Å². The van der Waals surface area contributed by atoms with Gasteiger partial charge in [0.2, 0.25) is 5.91 Å². The van der Waals surface area contributed by atoms with Crippen LogP contribution in [-0.2, 0) is 11.2 Å². The first-order chi connectivity index (χ1) is 13.6. The van der Waals surface area contributed by atoms with Crippen molar-refractivity contribution in [2.45, 2.75) is 18.8 Å². The third-order valence-electron chi connectivity index (χ3n) is 4.65. The van der Waals surface area contributed by atoms with E-state index in [1.54, 1.807) is 31.4 Å². The van der Waals surface area contributed by atoms with Crippen LogP contribution in [0.4, 0.5) is 10.8 Å². The average Bonchev–Trinajstić information content (AvgIpc) is 3.28. The van der Waals surface area contributed by atoms with Crippen molar-refractivity contribution >= 4 is 34.0 Å². The highest BCUT2D eigenvalue weighted by molar-refractivity contribution is 7.16. The Labute approximate surface area is 166 Å². The number of nitrogens with zero attached hydrogens (tertiary/aromatic N) is 1. The maximum Gasteiger partial charge on any atom is 0.257 e. The molecule has 1 aliphatic carbocycles. The number of aryl methyl sites for hydroxylation is 1. The van der Waals surface area contributed by atoms with Gasteiger partial charge in [0.25, 0.3) is 5.91 Å². The van der Waals surface area contributed by atoms with E-state index < -0.39 is 0 Å². The standard InChI is InChI=1S/C21H19N3O3S/c1-27-15-9-7-13(8-10-15)19(25)24-21-23-18-16(11-12-17(18)28-21)20(26)22-14-5-3-2-4-6-14/h2-10,16H,11-12H2,1H3,(H,22,26)(H,23,24,25). The minimum atomic E-state index is -0.293. The van der Waals surface area contributed by atoms with Crippen molar-refractivity contribution in [3.8, 4) is 5.75 Å². The fourth-order valence-electron chi connectivity index (χ4n) is 3.20. The summed E-state index contributed by atoms with van der Waals surface area (Å²) in [5.41, 5.74) is 2.06. The number of thiazole rings is 1. The number of methoxy groups -OCH3 is 1. The van der Waals surface area contributed by atoms with E-state index in [1.807, 2.05) is 30.3 Å². The summed E-state index contributed by atoms with van der Waals surface area (Å²) in [6, 6.07) is 16.3. The number of anilines is 2. The third-order valence-corrected chi connectivity index (χ3v) is 5.69. The maximum atomic E-state index is 12.6. The van der Waals surface area contributed by atoms with Crippen LogP contribution < -0.4 is 15.4 Å². The van der Waals surface area contributed by atoms with E-state index in [4.69, 9.17) is 4.74 Å². The number of nitrogens with one attached hydrogen (secondary N) is 2. The molecule has 3 aromatic rings. The molecule has 0 aliphatic heterocycles. The number of rotatable bonds is 5. The molecule has 4 rings (SSSR count). The molecular formula is C21H19N3O3S. The Bertz CT molecular complexity index is 999. The Morgan fingerprint density at radius 2 is 1.82 bits per heavy atom. The summed E-state index contributed by atoms with van der Waals surface area (Å²) in [5.74, 6) is 0.0961. The van der Waals surface area contributed by atoms with E-state index in [2.05, 4.69) is 15.6 Å². The zero-order chi connectivity index (χ0) is 19.5. The largest absolute Gasteiger partial charge is 0.497 e. The molecule has 1 heterocycles. The number of ether oxygens (including phenoxy) is 1. The lowest BCUT2D eigenvalue weighted by molar-refractivity contribution is -0.117. The van der Waals surface area contributed by atoms with Crippen LogP contribution in [-0.4, -0.2) is 23.9 Å². The lowest BCUT2D eigenvalue weighted by Gasteiger charge is -2.10. The molecule has 2 aromatic carbocycles. The van der Waals surface area contributed by atoms with Gasteiger partial charge in [-0.25, -0.2) is 4.98 Å². The summed E-state index contributed by atoms with van der Waals surface area (Å²) in [6.45, 7) is 0. The molecule has 0 fully saturated rings. The first-order valence-corrected chi connectivity index (χ1v) is 9.76. The van der Waals surface area contributed by atoms with E-state index in [1.165, 1.54) is 11.3 Å². The van der Waals surface area contributed by atoms with Gasteiger partial charge >= 0.3 is 0 Å². The number of hydrogen-bond donors (Lipinski definition) is 2. The Morgan fingerprint density at radius 1 is 1.07 bits per heavy atom. The molecular weight excluding hydrogens is 374 g/mol. The first kappa shape index (κ1) is 18.2. The quantitative estimate of drug-likeness (QED) is 0.685. The fourth-order valence-corrected chi connectivity index (χ4v) is 4.23. The van der Waals surface area contributed by atoms with Crippen LogP contribution in [0.2, 0.25) is 0 Å². The molecule has 6 nitrogen and oxygen atoms in total. The normalized spacial score (nSPS) is 15.0. The van der Waals surface area contributed by atoms with E-state index in [0.717, 1.165) is 29.1 Å². The minimum absolute atomic E-state index is 0.0664. The number of aromatic nitrogens is 1. The minimum Gasteiger partial charge on any atom is -0.497 e. The molecule has 0 spiro atoms. The molecule has 0 saturated carbocycles. The van der Waals surface area contributed by atoms with E-state index in [9.17, 15) is 9.59 Å². The van der Waals surface area contributed by atoms with Crippen LogP contribution in [0.1, 0.15) is 33.3 Å². The van der Waals surface area contributed by atoms with Crippen LogP contribution in [0.15, 0.2) is 54.6 Å². The number of carbonyl (C=O) groups is 2. The van der Waals surface area contributed by atoms with Gasteiger partial charge in [-0.15, -0.1) is 11.3 Å². The lowest BCUT2D eigenvalue weighted by atomic mass is 10.1. The fraction of sp³-hybridized carbons (Fsp3) is 0.190. The van der Waals surface area contributed by atoms with Gasteiger partial charge in [-0.3, -0.25) is 14.9 Å². The summed E-state index contributed by atoms with van der Waals surface area (Å²) in [5, 5.41) is 6.28. The van der Waals surface area contributed by atoms with Crippen LogP contribution in [0.3, 0.4) is 0 Å².